The Bertz CT molecular complexity index is 1090. The summed E-state index contributed by atoms with van der Waals surface area (Å²) in [6.45, 7) is 0.193. The summed E-state index contributed by atoms with van der Waals surface area (Å²) in [4.78, 5) is 38.5. The maximum Gasteiger partial charge on any atom is 0.293 e. The van der Waals surface area contributed by atoms with E-state index in [0.717, 1.165) is 22.2 Å². The molecule has 1 fully saturated rings. The third kappa shape index (κ3) is 5.56. The lowest BCUT2D eigenvalue weighted by Gasteiger charge is -2.13. The van der Waals surface area contributed by atoms with Crippen molar-refractivity contribution in [2.24, 2.45) is 0 Å². The van der Waals surface area contributed by atoms with E-state index in [1.54, 1.807) is 36.4 Å². The Hall–Kier alpha value is -2.68. The average molecular weight is 495 g/mol. The number of hydrogen-bond acceptors (Lipinski definition) is 6. The molecule has 0 aromatic heterocycles. The lowest BCUT2D eigenvalue weighted by Crippen LogP contribution is -2.37. The number of nitrogens with one attached hydrogen (secondary N) is 1. The lowest BCUT2D eigenvalue weighted by molar-refractivity contribution is -0.124. The first-order valence-corrected chi connectivity index (χ1v) is 11.1. The largest absolute Gasteiger partial charge is 0.493 e. The van der Waals surface area contributed by atoms with Crippen LogP contribution >= 0.6 is 35.0 Å². The smallest absolute Gasteiger partial charge is 0.293 e. The molecule has 1 N–H and O–H groups in total. The highest BCUT2D eigenvalue weighted by Gasteiger charge is 2.34. The molecule has 1 aliphatic rings. The van der Waals surface area contributed by atoms with Crippen LogP contribution in [0.2, 0.25) is 10.0 Å². The second-order valence-corrected chi connectivity index (χ2v) is 8.47. The summed E-state index contributed by atoms with van der Waals surface area (Å²) >= 11 is 13.0. The van der Waals surface area contributed by atoms with Gasteiger partial charge in [0.1, 0.15) is 0 Å². The van der Waals surface area contributed by atoms with Crippen LogP contribution in [0.15, 0.2) is 41.3 Å². The molecule has 1 heterocycles. The van der Waals surface area contributed by atoms with Crippen molar-refractivity contribution in [1.29, 1.82) is 0 Å². The number of rotatable bonds is 8. The molecule has 32 heavy (non-hydrogen) atoms. The normalized spacial score (nSPS) is 14.8. The lowest BCUT2D eigenvalue weighted by atomic mass is 10.1. The first-order valence-electron chi connectivity index (χ1n) is 9.51. The van der Waals surface area contributed by atoms with Gasteiger partial charge in [-0.15, -0.1) is 0 Å². The molecule has 1 aliphatic heterocycles. The van der Waals surface area contributed by atoms with E-state index in [1.165, 1.54) is 20.3 Å². The molecule has 0 aliphatic carbocycles. The predicted octanol–water partition coefficient (Wildman–Crippen LogP) is 4.41. The summed E-state index contributed by atoms with van der Waals surface area (Å²) < 4.78 is 10.4. The van der Waals surface area contributed by atoms with Crippen LogP contribution in [0.3, 0.4) is 0 Å². The fourth-order valence-electron chi connectivity index (χ4n) is 3.01. The van der Waals surface area contributed by atoms with Gasteiger partial charge in [0, 0.05) is 13.1 Å². The Balaban J connectivity index is 1.56. The predicted molar refractivity (Wildman–Crippen MR) is 125 cm³/mol. The second kappa shape index (κ2) is 10.8. The van der Waals surface area contributed by atoms with Gasteiger partial charge >= 0.3 is 0 Å². The van der Waals surface area contributed by atoms with Crippen molar-refractivity contribution in [3.05, 3.63) is 62.5 Å². The highest BCUT2D eigenvalue weighted by Crippen LogP contribution is 2.34. The molecule has 7 nitrogen and oxygen atoms in total. The fraction of sp³-hybridized carbons (Fsp3) is 0.227. The zero-order valence-electron chi connectivity index (χ0n) is 17.3. The maximum absolute atomic E-state index is 12.6. The van der Waals surface area contributed by atoms with E-state index < -0.39 is 11.1 Å². The Morgan fingerprint density at radius 2 is 1.88 bits per heavy atom. The van der Waals surface area contributed by atoms with Crippen LogP contribution in [0.25, 0.3) is 6.08 Å². The van der Waals surface area contributed by atoms with Gasteiger partial charge in [-0.1, -0.05) is 41.4 Å². The van der Waals surface area contributed by atoms with E-state index in [2.05, 4.69) is 5.32 Å². The number of carbonyl (C=O) groups excluding carboxylic acids is 3. The van der Waals surface area contributed by atoms with Gasteiger partial charge in [-0.3, -0.25) is 19.3 Å². The van der Waals surface area contributed by atoms with Crippen LogP contribution in [0.4, 0.5) is 4.79 Å². The van der Waals surface area contributed by atoms with E-state index in [1.807, 2.05) is 0 Å². The minimum atomic E-state index is -0.440. The monoisotopic (exact) mass is 494 g/mol. The van der Waals surface area contributed by atoms with Crippen LogP contribution < -0.4 is 14.8 Å². The molecule has 10 heteroatoms. The van der Waals surface area contributed by atoms with Gasteiger partial charge in [0.05, 0.1) is 35.6 Å². The topological polar surface area (TPSA) is 84.9 Å². The van der Waals surface area contributed by atoms with E-state index in [9.17, 15) is 14.4 Å². The Kier molecular flexibility index (Phi) is 8.06. The molecule has 0 atom stereocenters. The number of nitrogens with zero attached hydrogens (tertiary/aromatic N) is 1. The van der Waals surface area contributed by atoms with Gasteiger partial charge in [-0.2, -0.15) is 0 Å². The number of methoxy groups -OCH3 is 2. The molecule has 0 unspecified atom stereocenters. The molecule has 2 aromatic rings. The second-order valence-electron chi connectivity index (χ2n) is 6.69. The Labute approximate surface area is 199 Å². The molecular weight excluding hydrogens is 475 g/mol. The zero-order valence-corrected chi connectivity index (χ0v) is 19.6. The number of imide groups is 1. The van der Waals surface area contributed by atoms with Crippen LogP contribution in [0, 0.1) is 0 Å². The van der Waals surface area contributed by atoms with Gasteiger partial charge in [-0.25, -0.2) is 0 Å². The van der Waals surface area contributed by atoms with Gasteiger partial charge in [-0.05, 0) is 47.2 Å². The van der Waals surface area contributed by atoms with Crippen molar-refractivity contribution in [2.75, 3.05) is 27.3 Å². The standard InChI is InChI=1S/C22H20Cl2N2O5S/c1-30-16-7-6-13(10-17(16)31-2)11-19(27)25-8-9-26-21(28)18(32-22(26)29)12-14-4-3-5-15(23)20(14)24/h3-7,10,12H,8-9,11H2,1-2H3,(H,25,27)/b18-12-. The molecule has 0 spiro atoms. The maximum atomic E-state index is 12.6. The van der Waals surface area contributed by atoms with Crippen LogP contribution in [0.5, 0.6) is 11.5 Å². The average Bonchev–Trinajstić information content (AvgIpc) is 3.04. The summed E-state index contributed by atoms with van der Waals surface area (Å²) in [5, 5.41) is 2.98. The van der Waals surface area contributed by atoms with Crippen molar-refractivity contribution in [1.82, 2.24) is 10.2 Å². The molecule has 3 rings (SSSR count). The quantitative estimate of drug-likeness (QED) is 0.547. The van der Waals surface area contributed by atoms with Gasteiger partial charge in [0.15, 0.2) is 11.5 Å². The number of benzene rings is 2. The van der Waals surface area contributed by atoms with Crippen molar-refractivity contribution >= 4 is 58.1 Å². The van der Waals surface area contributed by atoms with Gasteiger partial charge in [0.2, 0.25) is 5.91 Å². The summed E-state index contributed by atoms with van der Waals surface area (Å²) in [6.07, 6.45) is 1.66. The summed E-state index contributed by atoms with van der Waals surface area (Å²) in [6, 6.07) is 10.3. The highest BCUT2D eigenvalue weighted by atomic mass is 35.5. The third-order valence-corrected chi connectivity index (χ3v) is 6.35. The van der Waals surface area contributed by atoms with Gasteiger partial charge in [0.25, 0.3) is 11.1 Å². The van der Waals surface area contributed by atoms with E-state index in [4.69, 9.17) is 32.7 Å². The van der Waals surface area contributed by atoms with E-state index in [-0.39, 0.29) is 30.3 Å². The minimum absolute atomic E-state index is 0.0585. The molecule has 3 amide bonds. The molecule has 1 saturated heterocycles. The molecular formula is C22H20Cl2N2O5S. The van der Waals surface area contributed by atoms with Crippen molar-refractivity contribution < 1.29 is 23.9 Å². The Morgan fingerprint density at radius 1 is 1.12 bits per heavy atom. The van der Waals surface area contributed by atoms with Crippen molar-refractivity contribution in [3.8, 4) is 11.5 Å². The summed E-state index contributed by atoms with van der Waals surface area (Å²) in [5.74, 6) is 0.418. The highest BCUT2D eigenvalue weighted by molar-refractivity contribution is 8.18. The number of hydrogen-bond donors (Lipinski definition) is 1. The summed E-state index contributed by atoms with van der Waals surface area (Å²) in [5.41, 5.74) is 1.29. The van der Waals surface area contributed by atoms with Crippen LogP contribution in [-0.2, 0) is 16.0 Å². The number of carbonyl (C=O) groups is 3. The molecule has 0 saturated carbocycles. The number of thioether (sulfide) groups is 1. The van der Waals surface area contributed by atoms with Crippen LogP contribution in [-0.4, -0.2) is 49.3 Å². The van der Waals surface area contributed by atoms with E-state index >= 15 is 0 Å². The molecule has 0 radical (unpaired) electrons. The Morgan fingerprint density at radius 3 is 2.59 bits per heavy atom. The number of amides is 3. The first-order chi connectivity index (χ1) is 15.3. The first kappa shape index (κ1) is 24.0. The number of halogens is 2. The zero-order chi connectivity index (χ0) is 23.3. The molecule has 2 aromatic carbocycles. The summed E-state index contributed by atoms with van der Waals surface area (Å²) in [7, 11) is 3.06. The third-order valence-electron chi connectivity index (χ3n) is 4.61. The van der Waals surface area contributed by atoms with Crippen LogP contribution in [0.1, 0.15) is 11.1 Å². The van der Waals surface area contributed by atoms with Crippen molar-refractivity contribution in [2.45, 2.75) is 6.42 Å². The van der Waals surface area contributed by atoms with E-state index in [0.29, 0.717) is 27.1 Å². The molecule has 168 valence electrons. The molecule has 0 bridgehead atoms. The van der Waals surface area contributed by atoms with Gasteiger partial charge < -0.3 is 14.8 Å². The SMILES string of the molecule is COc1ccc(CC(=O)NCCN2C(=O)S/C(=C\c3cccc(Cl)c3Cl)C2=O)cc1OC. The number of ether oxygens (including phenoxy) is 2. The fourth-order valence-corrected chi connectivity index (χ4v) is 4.23. The van der Waals surface area contributed by atoms with Crippen molar-refractivity contribution in [3.63, 3.8) is 0 Å². The minimum Gasteiger partial charge on any atom is -0.493 e.